The average molecular weight is 142 g/mol. The first-order chi connectivity index (χ1) is 4.00. The molecule has 0 atom stereocenters. The van der Waals surface area contributed by atoms with Crippen molar-refractivity contribution < 1.29 is 51.4 Å². The van der Waals surface area contributed by atoms with Crippen LogP contribution in [0.25, 0.3) is 0 Å². The van der Waals surface area contributed by atoms with Crippen molar-refractivity contribution in [3.63, 3.8) is 0 Å². The molecule has 0 bridgehead atoms. The summed E-state index contributed by atoms with van der Waals surface area (Å²) < 4.78 is 0. The fourth-order valence-electron chi connectivity index (χ4n) is 0.470. The molecule has 0 heterocycles. The molecule has 0 fully saturated rings. The molecule has 0 amide bonds. The minimum Gasteiger partial charge on any atom is -0.184 e. The third-order valence-electron chi connectivity index (χ3n) is 0.829. The molecular formula is C8H7K. The zero-order valence-corrected chi connectivity index (χ0v) is 8.66. The smallest absolute Gasteiger partial charge is 0.184 e. The van der Waals surface area contributed by atoms with Gasteiger partial charge in [-0.15, -0.1) is 12.2 Å². The van der Waals surface area contributed by atoms with Gasteiger partial charge in [0.15, 0.2) is 0 Å². The van der Waals surface area contributed by atoms with Gasteiger partial charge in [-0.3, -0.25) is 0 Å². The maximum atomic E-state index is 2.94. The van der Waals surface area contributed by atoms with E-state index >= 15 is 0 Å². The van der Waals surface area contributed by atoms with Crippen LogP contribution < -0.4 is 51.4 Å². The largest absolute Gasteiger partial charge is 1.00 e. The predicted molar refractivity (Wildman–Crippen MR) is 35.2 cm³/mol. The van der Waals surface area contributed by atoms with Crippen molar-refractivity contribution in [3.05, 3.63) is 48.6 Å². The van der Waals surface area contributed by atoms with Gasteiger partial charge in [0.2, 0.25) is 0 Å². The first kappa shape index (κ1) is 9.60. The predicted octanol–water partition coefficient (Wildman–Crippen LogP) is -0.968. The minimum absolute atomic E-state index is 0. The Labute approximate surface area is 98.5 Å². The Morgan fingerprint density at radius 2 is 1.44 bits per heavy atom. The second kappa shape index (κ2) is 6.71. The van der Waals surface area contributed by atoms with Crippen molar-refractivity contribution in [1.82, 2.24) is 0 Å². The maximum Gasteiger partial charge on any atom is 1.00 e. The normalized spacial score (nSPS) is 14.2. The SMILES string of the molecule is [C-]1=CC=CC=CC=C1.[K+]. The molecule has 0 aromatic carbocycles. The minimum atomic E-state index is 0. The summed E-state index contributed by atoms with van der Waals surface area (Å²) in [6.45, 7) is 0. The molecule has 0 N–H and O–H groups in total. The molecule has 0 aromatic heterocycles. The molecule has 0 aliphatic heterocycles. The Kier molecular flexibility index (Phi) is 7.16. The van der Waals surface area contributed by atoms with Gasteiger partial charge in [-0.1, -0.05) is 6.08 Å². The number of allylic oxidation sites excluding steroid dienone is 8. The fraction of sp³-hybridized carbons (Fsp3) is 0. The van der Waals surface area contributed by atoms with Gasteiger partial charge < -0.3 is 0 Å². The molecule has 1 aliphatic carbocycles. The third kappa shape index (κ3) is 5.06. The van der Waals surface area contributed by atoms with Gasteiger partial charge in [0.05, 0.1) is 0 Å². The van der Waals surface area contributed by atoms with Crippen molar-refractivity contribution in [2.45, 2.75) is 0 Å². The number of hydrogen-bond acceptors (Lipinski definition) is 0. The van der Waals surface area contributed by atoms with Crippen LogP contribution >= 0.6 is 0 Å². The van der Waals surface area contributed by atoms with Crippen molar-refractivity contribution in [2.75, 3.05) is 0 Å². The van der Waals surface area contributed by atoms with Gasteiger partial charge in [-0.25, -0.2) is 0 Å². The molecule has 1 rings (SSSR count). The van der Waals surface area contributed by atoms with Crippen molar-refractivity contribution in [2.24, 2.45) is 0 Å². The van der Waals surface area contributed by atoms with Crippen LogP contribution in [0.2, 0.25) is 0 Å². The summed E-state index contributed by atoms with van der Waals surface area (Å²) in [6.07, 6.45) is 16.5. The van der Waals surface area contributed by atoms with E-state index in [2.05, 4.69) is 6.08 Å². The second-order valence-corrected chi connectivity index (χ2v) is 1.46. The summed E-state index contributed by atoms with van der Waals surface area (Å²) in [5.74, 6) is 0. The quantitative estimate of drug-likeness (QED) is 0.302. The summed E-state index contributed by atoms with van der Waals surface area (Å²) in [5, 5.41) is 0. The third-order valence-corrected chi connectivity index (χ3v) is 0.829. The van der Waals surface area contributed by atoms with Crippen molar-refractivity contribution in [1.29, 1.82) is 0 Å². The molecule has 9 heavy (non-hydrogen) atoms. The van der Waals surface area contributed by atoms with Gasteiger partial charge >= 0.3 is 51.4 Å². The van der Waals surface area contributed by atoms with Crippen LogP contribution in [-0.4, -0.2) is 0 Å². The molecule has 0 unspecified atom stereocenters. The average Bonchev–Trinajstić information content (AvgIpc) is 1.62. The van der Waals surface area contributed by atoms with E-state index in [1.54, 1.807) is 0 Å². The second-order valence-electron chi connectivity index (χ2n) is 1.46. The maximum absolute atomic E-state index is 2.94. The standard InChI is InChI=1S/C8H7.K/c1-2-4-6-8-7-5-3-1;/h1-7H;/q-1;+1. The van der Waals surface area contributed by atoms with E-state index in [4.69, 9.17) is 0 Å². The number of hydrogen-bond donors (Lipinski definition) is 0. The molecule has 0 saturated carbocycles. The van der Waals surface area contributed by atoms with Crippen LogP contribution in [-0.2, 0) is 0 Å². The zero-order valence-electron chi connectivity index (χ0n) is 5.54. The van der Waals surface area contributed by atoms with Gasteiger partial charge in [0.1, 0.15) is 0 Å². The van der Waals surface area contributed by atoms with E-state index in [9.17, 15) is 0 Å². The summed E-state index contributed by atoms with van der Waals surface area (Å²) in [5.41, 5.74) is 0. The van der Waals surface area contributed by atoms with Gasteiger partial charge in [0.25, 0.3) is 0 Å². The first-order valence-corrected chi connectivity index (χ1v) is 2.58. The molecule has 40 valence electrons. The summed E-state index contributed by atoms with van der Waals surface area (Å²) in [6, 6.07) is 0. The Hall–Kier alpha value is 0.596. The van der Waals surface area contributed by atoms with Crippen LogP contribution in [0, 0.1) is 6.08 Å². The summed E-state index contributed by atoms with van der Waals surface area (Å²) in [7, 11) is 0. The van der Waals surface area contributed by atoms with E-state index in [0.29, 0.717) is 0 Å². The van der Waals surface area contributed by atoms with Crippen LogP contribution in [0.3, 0.4) is 0 Å². The van der Waals surface area contributed by atoms with Gasteiger partial charge in [0, 0.05) is 0 Å². The van der Waals surface area contributed by atoms with Gasteiger partial charge in [-0.05, 0) is 0 Å². The van der Waals surface area contributed by atoms with Gasteiger partial charge in [-0.2, -0.15) is 30.4 Å². The van der Waals surface area contributed by atoms with E-state index in [0.717, 1.165) is 0 Å². The molecule has 0 spiro atoms. The Morgan fingerprint density at radius 1 is 0.778 bits per heavy atom. The summed E-state index contributed by atoms with van der Waals surface area (Å²) in [4.78, 5) is 0. The monoisotopic (exact) mass is 142 g/mol. The fourth-order valence-corrected chi connectivity index (χ4v) is 0.470. The Balaban J connectivity index is 0.000000640. The molecule has 0 radical (unpaired) electrons. The molecule has 0 aromatic rings. The number of rotatable bonds is 0. The van der Waals surface area contributed by atoms with E-state index in [1.807, 2.05) is 42.5 Å². The molecule has 0 saturated heterocycles. The van der Waals surface area contributed by atoms with Crippen molar-refractivity contribution in [3.8, 4) is 0 Å². The van der Waals surface area contributed by atoms with Crippen molar-refractivity contribution >= 4 is 0 Å². The Bertz CT molecular complexity index is 105. The van der Waals surface area contributed by atoms with Crippen LogP contribution in [0.5, 0.6) is 0 Å². The van der Waals surface area contributed by atoms with Crippen LogP contribution in [0.4, 0.5) is 0 Å². The molecular weight excluding hydrogens is 135 g/mol. The van der Waals surface area contributed by atoms with E-state index in [1.165, 1.54) is 0 Å². The van der Waals surface area contributed by atoms with E-state index in [-0.39, 0.29) is 51.4 Å². The van der Waals surface area contributed by atoms with Crippen LogP contribution in [0.1, 0.15) is 0 Å². The van der Waals surface area contributed by atoms with E-state index < -0.39 is 0 Å². The molecule has 1 aliphatic rings. The Morgan fingerprint density at radius 3 is 2.33 bits per heavy atom. The zero-order chi connectivity index (χ0) is 5.66. The first-order valence-electron chi connectivity index (χ1n) is 2.58. The molecule has 0 nitrogen and oxygen atoms in total. The molecule has 1 heteroatoms. The summed E-state index contributed by atoms with van der Waals surface area (Å²) >= 11 is 0. The van der Waals surface area contributed by atoms with Crippen LogP contribution in [0.15, 0.2) is 42.5 Å². The topological polar surface area (TPSA) is 0 Å².